The van der Waals surface area contributed by atoms with Gasteiger partial charge in [-0.05, 0) is 38.4 Å². The van der Waals surface area contributed by atoms with E-state index in [1.165, 1.54) is 0 Å². The Morgan fingerprint density at radius 1 is 1.35 bits per heavy atom. The van der Waals surface area contributed by atoms with Crippen molar-refractivity contribution in [3.8, 4) is 11.5 Å². The molecule has 5 nitrogen and oxygen atoms in total. The normalized spacial score (nSPS) is 22.1. The second-order valence-corrected chi connectivity index (χ2v) is 5.12. The number of carbonyl (C=O) groups is 1. The lowest BCUT2D eigenvalue weighted by Gasteiger charge is -2.28. The molecule has 0 radical (unpaired) electrons. The summed E-state index contributed by atoms with van der Waals surface area (Å²) in [6.45, 7) is 3.07. The zero-order valence-electron chi connectivity index (χ0n) is 12.2. The van der Waals surface area contributed by atoms with Gasteiger partial charge in [0.25, 0.3) is 5.91 Å². The summed E-state index contributed by atoms with van der Waals surface area (Å²) in [4.78, 5) is 12.3. The molecule has 0 aromatic heterocycles. The molecule has 1 aliphatic rings. The second kappa shape index (κ2) is 6.61. The van der Waals surface area contributed by atoms with Gasteiger partial charge in [-0.25, -0.2) is 0 Å². The molecule has 20 heavy (non-hydrogen) atoms. The van der Waals surface area contributed by atoms with E-state index < -0.39 is 0 Å². The Bertz CT molecular complexity index is 476. The average molecular weight is 278 g/mol. The van der Waals surface area contributed by atoms with E-state index in [1.807, 2.05) is 0 Å². The highest BCUT2D eigenvalue weighted by molar-refractivity contribution is 5.97. The van der Waals surface area contributed by atoms with Crippen LogP contribution in [0.5, 0.6) is 11.5 Å². The Kier molecular flexibility index (Phi) is 4.84. The van der Waals surface area contributed by atoms with Crippen molar-refractivity contribution >= 4 is 5.91 Å². The van der Waals surface area contributed by atoms with E-state index in [9.17, 15) is 4.79 Å². The van der Waals surface area contributed by atoms with Gasteiger partial charge in [0.15, 0.2) is 0 Å². The van der Waals surface area contributed by atoms with Gasteiger partial charge in [-0.2, -0.15) is 0 Å². The van der Waals surface area contributed by atoms with Gasteiger partial charge in [0.05, 0.1) is 19.8 Å². The highest BCUT2D eigenvalue weighted by atomic mass is 16.5. The van der Waals surface area contributed by atoms with E-state index in [2.05, 4.69) is 17.6 Å². The van der Waals surface area contributed by atoms with Crippen LogP contribution >= 0.6 is 0 Å². The number of carbonyl (C=O) groups excluding carboxylic acids is 1. The molecule has 0 spiro atoms. The maximum absolute atomic E-state index is 12.3. The van der Waals surface area contributed by atoms with Crippen molar-refractivity contribution in [1.82, 2.24) is 10.6 Å². The van der Waals surface area contributed by atoms with Crippen molar-refractivity contribution in [3.63, 3.8) is 0 Å². The summed E-state index contributed by atoms with van der Waals surface area (Å²) in [6.07, 6.45) is 1.90. The quantitative estimate of drug-likeness (QED) is 0.878. The molecule has 1 aliphatic heterocycles. The maximum Gasteiger partial charge on any atom is 0.255 e. The van der Waals surface area contributed by atoms with Crippen molar-refractivity contribution in [1.29, 1.82) is 0 Å². The van der Waals surface area contributed by atoms with Gasteiger partial charge < -0.3 is 20.1 Å². The molecule has 1 fully saturated rings. The minimum absolute atomic E-state index is 0.0939. The van der Waals surface area contributed by atoms with Crippen LogP contribution in [0.1, 0.15) is 30.1 Å². The number of piperidine rings is 1. The standard InChI is InChI=1S/C15H22N2O3/c1-10-8-11(6-7-16-10)17-15(18)13-5-4-12(19-2)9-14(13)20-3/h4-5,9-11,16H,6-8H2,1-3H3,(H,17,18). The number of methoxy groups -OCH3 is 2. The molecule has 5 heteroatoms. The van der Waals surface area contributed by atoms with E-state index in [-0.39, 0.29) is 11.9 Å². The van der Waals surface area contributed by atoms with Crippen molar-refractivity contribution in [2.75, 3.05) is 20.8 Å². The Balaban J connectivity index is 2.08. The zero-order valence-corrected chi connectivity index (χ0v) is 12.2. The smallest absolute Gasteiger partial charge is 0.255 e. The third kappa shape index (κ3) is 3.42. The molecule has 110 valence electrons. The number of rotatable bonds is 4. The highest BCUT2D eigenvalue weighted by Gasteiger charge is 2.22. The van der Waals surface area contributed by atoms with Crippen LogP contribution in [-0.4, -0.2) is 38.8 Å². The molecular formula is C15H22N2O3. The minimum atomic E-state index is -0.0939. The Morgan fingerprint density at radius 3 is 2.80 bits per heavy atom. The molecular weight excluding hydrogens is 256 g/mol. The second-order valence-electron chi connectivity index (χ2n) is 5.12. The fourth-order valence-corrected chi connectivity index (χ4v) is 2.51. The lowest BCUT2D eigenvalue weighted by atomic mass is 10.00. The van der Waals surface area contributed by atoms with Gasteiger partial charge in [-0.15, -0.1) is 0 Å². The summed E-state index contributed by atoms with van der Waals surface area (Å²) in [5, 5.41) is 6.45. The Hall–Kier alpha value is -1.75. The van der Waals surface area contributed by atoms with Crippen LogP contribution in [-0.2, 0) is 0 Å². The van der Waals surface area contributed by atoms with Gasteiger partial charge in [-0.1, -0.05) is 0 Å². The predicted molar refractivity (Wildman–Crippen MR) is 77.5 cm³/mol. The lowest BCUT2D eigenvalue weighted by Crippen LogP contribution is -2.46. The van der Waals surface area contributed by atoms with Crippen molar-refractivity contribution in [2.24, 2.45) is 0 Å². The first-order valence-electron chi connectivity index (χ1n) is 6.90. The number of ether oxygens (including phenoxy) is 2. The molecule has 0 aliphatic carbocycles. The number of hydrogen-bond donors (Lipinski definition) is 2. The van der Waals surface area contributed by atoms with Gasteiger partial charge >= 0.3 is 0 Å². The van der Waals surface area contributed by atoms with E-state index >= 15 is 0 Å². The van der Waals surface area contributed by atoms with Gasteiger partial charge in [0, 0.05) is 18.2 Å². The summed E-state index contributed by atoms with van der Waals surface area (Å²) in [5.41, 5.74) is 0.541. The first-order valence-corrected chi connectivity index (χ1v) is 6.90. The summed E-state index contributed by atoms with van der Waals surface area (Å²) in [6, 6.07) is 5.87. The summed E-state index contributed by atoms with van der Waals surface area (Å²) in [7, 11) is 3.14. The average Bonchev–Trinajstić information content (AvgIpc) is 2.46. The number of hydrogen-bond acceptors (Lipinski definition) is 4. The van der Waals surface area contributed by atoms with Gasteiger partial charge in [0.2, 0.25) is 0 Å². The SMILES string of the molecule is COc1ccc(C(=O)NC2CCNC(C)C2)c(OC)c1. The highest BCUT2D eigenvalue weighted by Crippen LogP contribution is 2.24. The van der Waals surface area contributed by atoms with Crippen molar-refractivity contribution in [3.05, 3.63) is 23.8 Å². The monoisotopic (exact) mass is 278 g/mol. The molecule has 0 bridgehead atoms. The summed E-state index contributed by atoms with van der Waals surface area (Å²) >= 11 is 0. The number of benzene rings is 1. The van der Waals surface area contributed by atoms with E-state index in [0.29, 0.717) is 23.1 Å². The van der Waals surface area contributed by atoms with E-state index in [4.69, 9.17) is 9.47 Å². The Labute approximate surface area is 119 Å². The largest absolute Gasteiger partial charge is 0.497 e. The number of nitrogens with one attached hydrogen (secondary N) is 2. The topological polar surface area (TPSA) is 59.6 Å². The van der Waals surface area contributed by atoms with E-state index in [0.717, 1.165) is 19.4 Å². The zero-order chi connectivity index (χ0) is 14.5. The summed E-state index contributed by atoms with van der Waals surface area (Å²) in [5.74, 6) is 1.11. The molecule has 1 amide bonds. The van der Waals surface area contributed by atoms with Crippen LogP contribution in [0, 0.1) is 0 Å². The van der Waals surface area contributed by atoms with Crippen LogP contribution in [0.4, 0.5) is 0 Å². The van der Waals surface area contributed by atoms with Crippen LogP contribution in [0.3, 0.4) is 0 Å². The van der Waals surface area contributed by atoms with Crippen molar-refractivity contribution in [2.45, 2.75) is 31.8 Å². The fourth-order valence-electron chi connectivity index (χ4n) is 2.51. The van der Waals surface area contributed by atoms with Crippen molar-refractivity contribution < 1.29 is 14.3 Å². The predicted octanol–water partition coefficient (Wildman–Crippen LogP) is 1.57. The molecule has 1 aromatic rings. The molecule has 1 heterocycles. The first-order chi connectivity index (χ1) is 9.63. The lowest BCUT2D eigenvalue weighted by molar-refractivity contribution is 0.0922. The molecule has 1 aromatic carbocycles. The minimum Gasteiger partial charge on any atom is -0.497 e. The molecule has 1 saturated heterocycles. The molecule has 0 saturated carbocycles. The molecule has 2 unspecified atom stereocenters. The number of amides is 1. The van der Waals surface area contributed by atoms with E-state index in [1.54, 1.807) is 32.4 Å². The maximum atomic E-state index is 12.3. The summed E-state index contributed by atoms with van der Waals surface area (Å²) < 4.78 is 10.4. The van der Waals surface area contributed by atoms with Gasteiger partial charge in [0.1, 0.15) is 11.5 Å². The third-order valence-corrected chi connectivity index (χ3v) is 3.61. The van der Waals surface area contributed by atoms with Crippen LogP contribution in [0.2, 0.25) is 0 Å². The third-order valence-electron chi connectivity index (χ3n) is 3.61. The van der Waals surface area contributed by atoms with Crippen LogP contribution in [0.15, 0.2) is 18.2 Å². The Morgan fingerprint density at radius 2 is 2.15 bits per heavy atom. The van der Waals surface area contributed by atoms with Crippen LogP contribution < -0.4 is 20.1 Å². The molecule has 2 N–H and O–H groups in total. The van der Waals surface area contributed by atoms with Gasteiger partial charge in [-0.3, -0.25) is 4.79 Å². The van der Waals surface area contributed by atoms with Crippen LogP contribution in [0.25, 0.3) is 0 Å². The fraction of sp³-hybridized carbons (Fsp3) is 0.533. The molecule has 2 rings (SSSR count). The first kappa shape index (κ1) is 14.7. The molecule has 2 atom stereocenters.